The Morgan fingerprint density at radius 1 is 1.80 bits per heavy atom. The van der Waals surface area contributed by atoms with Gasteiger partial charge in [0.05, 0.1) is 0 Å². The summed E-state index contributed by atoms with van der Waals surface area (Å²) in [4.78, 5) is 0. The maximum Gasteiger partial charge on any atom is 1.00 e. The van der Waals surface area contributed by atoms with Crippen molar-refractivity contribution in [1.82, 2.24) is 0 Å². The van der Waals surface area contributed by atoms with Crippen LogP contribution in [0.1, 0.15) is 0 Å². The molecule has 2 heteroatoms. The third-order valence-electron chi connectivity index (χ3n) is 0.204. The summed E-state index contributed by atoms with van der Waals surface area (Å²) in [7, 11) is 1.62. The molecular formula is C3H7LiO. The number of hydrogen-bond acceptors (Lipinski definition) is 1. The van der Waals surface area contributed by atoms with Crippen LogP contribution in [0.2, 0.25) is 0 Å². The molecule has 0 bridgehead atoms. The normalized spacial score (nSPS) is 6.00. The largest absolute Gasteiger partial charge is 1.00 e. The number of hydrogen-bond donors (Lipinski definition) is 0. The van der Waals surface area contributed by atoms with Gasteiger partial charge in [-0.2, -0.15) is 0 Å². The van der Waals surface area contributed by atoms with Crippen LogP contribution in [0, 0.1) is 6.92 Å². The quantitative estimate of drug-likeness (QED) is 0.242. The van der Waals surface area contributed by atoms with E-state index in [0.717, 1.165) is 0 Å². The van der Waals surface area contributed by atoms with Crippen LogP contribution in [0.3, 0.4) is 0 Å². The summed E-state index contributed by atoms with van der Waals surface area (Å²) < 4.78 is 4.43. The molecule has 0 rings (SSSR count). The Bertz CT molecular complexity index is 8.85. The average Bonchev–Trinajstić information content (AvgIpc) is 1.37. The molecule has 0 aromatic carbocycles. The smallest absolute Gasteiger partial charge is 0.417 e. The molecule has 0 fully saturated rings. The molecule has 0 aliphatic carbocycles. The van der Waals surface area contributed by atoms with Crippen molar-refractivity contribution in [2.24, 2.45) is 0 Å². The van der Waals surface area contributed by atoms with Crippen molar-refractivity contribution in [2.75, 3.05) is 13.7 Å². The van der Waals surface area contributed by atoms with E-state index in [0.29, 0.717) is 6.61 Å². The summed E-state index contributed by atoms with van der Waals surface area (Å²) in [5.41, 5.74) is 0. The monoisotopic (exact) mass is 66.1 g/mol. The van der Waals surface area contributed by atoms with Crippen molar-refractivity contribution in [3.05, 3.63) is 6.92 Å². The molecule has 0 unspecified atom stereocenters. The van der Waals surface area contributed by atoms with E-state index in [-0.39, 0.29) is 18.9 Å². The average molecular weight is 66.0 g/mol. The van der Waals surface area contributed by atoms with E-state index in [2.05, 4.69) is 11.7 Å². The Kier molecular flexibility index (Phi) is 16.1. The van der Waals surface area contributed by atoms with Crippen molar-refractivity contribution in [3.8, 4) is 0 Å². The summed E-state index contributed by atoms with van der Waals surface area (Å²) >= 11 is 0. The Balaban J connectivity index is 0. The Labute approximate surface area is 44.9 Å². The maximum absolute atomic E-state index is 4.43. The third kappa shape index (κ3) is 12.3. The second kappa shape index (κ2) is 8.82. The molecule has 0 aromatic heterocycles. The second-order valence-electron chi connectivity index (χ2n) is 0.493. The first-order chi connectivity index (χ1) is 1.91. The van der Waals surface area contributed by atoms with Gasteiger partial charge in [0, 0.05) is 7.11 Å². The first-order valence-corrected chi connectivity index (χ1v) is 1.20. The van der Waals surface area contributed by atoms with Gasteiger partial charge in [-0.3, -0.25) is 0 Å². The molecule has 0 aromatic rings. The van der Waals surface area contributed by atoms with Gasteiger partial charge in [0.2, 0.25) is 0 Å². The van der Waals surface area contributed by atoms with Gasteiger partial charge in [-0.15, -0.1) is 0 Å². The predicted octanol–water partition coefficient (Wildman–Crippen LogP) is -2.53. The fourth-order valence-corrected chi connectivity index (χ4v) is 0. The molecule has 26 valence electrons. The summed E-state index contributed by atoms with van der Waals surface area (Å²) in [5.74, 6) is 0. The van der Waals surface area contributed by atoms with Gasteiger partial charge in [0.1, 0.15) is 0 Å². The standard InChI is InChI=1S/C3H7O.Li/c1-3-4-2;/h1,3H2,2H3;/q-1;+1. The first-order valence-electron chi connectivity index (χ1n) is 1.20. The Morgan fingerprint density at radius 3 is 2.00 bits per heavy atom. The zero-order chi connectivity index (χ0) is 3.41. The Hall–Kier alpha value is 0.557. The second-order valence-corrected chi connectivity index (χ2v) is 0.493. The van der Waals surface area contributed by atoms with Crippen molar-refractivity contribution in [1.29, 1.82) is 0 Å². The van der Waals surface area contributed by atoms with Gasteiger partial charge in [-0.05, 0) is 0 Å². The van der Waals surface area contributed by atoms with Gasteiger partial charge < -0.3 is 11.7 Å². The molecule has 0 radical (unpaired) electrons. The van der Waals surface area contributed by atoms with Gasteiger partial charge in [-0.25, -0.2) is 0 Å². The first kappa shape index (κ1) is 9.12. The van der Waals surface area contributed by atoms with Crippen LogP contribution in [0.15, 0.2) is 0 Å². The SMILES string of the molecule is [CH2-]COC.[Li+]. The van der Waals surface area contributed by atoms with Gasteiger partial charge >= 0.3 is 18.9 Å². The molecule has 0 spiro atoms. The zero-order valence-corrected chi connectivity index (χ0v) is 3.82. The summed E-state index contributed by atoms with van der Waals surface area (Å²) in [6.45, 7) is 3.95. The van der Waals surface area contributed by atoms with Crippen molar-refractivity contribution < 1.29 is 23.6 Å². The minimum absolute atomic E-state index is 0. The van der Waals surface area contributed by atoms with Crippen LogP contribution in [-0.4, -0.2) is 13.7 Å². The van der Waals surface area contributed by atoms with Crippen molar-refractivity contribution >= 4 is 0 Å². The van der Waals surface area contributed by atoms with E-state index in [4.69, 9.17) is 0 Å². The van der Waals surface area contributed by atoms with Crippen molar-refractivity contribution in [2.45, 2.75) is 0 Å². The van der Waals surface area contributed by atoms with Crippen LogP contribution < -0.4 is 18.9 Å². The minimum Gasteiger partial charge on any atom is -0.417 e. The maximum atomic E-state index is 4.43. The fourth-order valence-electron chi connectivity index (χ4n) is 0. The van der Waals surface area contributed by atoms with Crippen LogP contribution in [0.5, 0.6) is 0 Å². The third-order valence-corrected chi connectivity index (χ3v) is 0.204. The topological polar surface area (TPSA) is 9.23 Å². The summed E-state index contributed by atoms with van der Waals surface area (Å²) in [6, 6.07) is 0. The summed E-state index contributed by atoms with van der Waals surface area (Å²) in [6.07, 6.45) is 0. The van der Waals surface area contributed by atoms with E-state index in [1.807, 2.05) is 0 Å². The molecule has 1 nitrogen and oxygen atoms in total. The number of rotatable bonds is 1. The predicted molar refractivity (Wildman–Crippen MR) is 17.2 cm³/mol. The molecule has 0 atom stereocenters. The zero-order valence-electron chi connectivity index (χ0n) is 3.82. The van der Waals surface area contributed by atoms with E-state index in [1.165, 1.54) is 0 Å². The van der Waals surface area contributed by atoms with Crippen LogP contribution >= 0.6 is 0 Å². The van der Waals surface area contributed by atoms with Gasteiger partial charge in [-0.1, -0.05) is 6.61 Å². The van der Waals surface area contributed by atoms with E-state index in [9.17, 15) is 0 Å². The number of ether oxygens (including phenoxy) is 1. The van der Waals surface area contributed by atoms with E-state index >= 15 is 0 Å². The summed E-state index contributed by atoms with van der Waals surface area (Å²) in [5, 5.41) is 0. The van der Waals surface area contributed by atoms with Crippen LogP contribution in [-0.2, 0) is 4.74 Å². The molecule has 5 heavy (non-hydrogen) atoms. The molecule has 0 aliphatic rings. The molecular weight excluding hydrogens is 59.0 g/mol. The van der Waals surface area contributed by atoms with Crippen LogP contribution in [0.4, 0.5) is 0 Å². The molecule has 0 saturated carbocycles. The van der Waals surface area contributed by atoms with Crippen molar-refractivity contribution in [3.63, 3.8) is 0 Å². The molecule has 0 heterocycles. The molecule has 0 aliphatic heterocycles. The van der Waals surface area contributed by atoms with E-state index in [1.54, 1.807) is 7.11 Å². The van der Waals surface area contributed by atoms with Gasteiger partial charge in [0.15, 0.2) is 0 Å². The molecule has 0 amide bonds. The minimum atomic E-state index is 0. The molecule has 0 N–H and O–H groups in total. The fraction of sp³-hybridized carbons (Fsp3) is 0.667. The molecule has 0 saturated heterocycles. The van der Waals surface area contributed by atoms with Crippen LogP contribution in [0.25, 0.3) is 0 Å². The van der Waals surface area contributed by atoms with E-state index < -0.39 is 0 Å². The van der Waals surface area contributed by atoms with Gasteiger partial charge in [0.25, 0.3) is 0 Å². The Morgan fingerprint density at radius 2 is 2.00 bits per heavy atom. The number of methoxy groups -OCH3 is 1.